The van der Waals surface area contributed by atoms with E-state index in [4.69, 9.17) is 4.74 Å². The molecule has 1 fully saturated rings. The van der Waals surface area contributed by atoms with Crippen LogP contribution in [0.25, 0.3) is 0 Å². The second-order valence-corrected chi connectivity index (χ2v) is 9.93. The highest BCUT2D eigenvalue weighted by molar-refractivity contribution is 6.04. The number of halogens is 3. The average Bonchev–Trinajstić information content (AvgIpc) is 3.40. The number of fused-ring (bicyclic) bond motifs is 1. The van der Waals surface area contributed by atoms with E-state index in [1.807, 2.05) is 11.8 Å². The zero-order valence-corrected chi connectivity index (χ0v) is 22.1. The second kappa shape index (κ2) is 11.2. The highest BCUT2D eigenvalue weighted by atomic mass is 19.4. The molecule has 39 heavy (non-hydrogen) atoms. The minimum atomic E-state index is -4.53. The van der Waals surface area contributed by atoms with Crippen LogP contribution in [-0.4, -0.2) is 60.0 Å². The van der Waals surface area contributed by atoms with Crippen molar-refractivity contribution in [2.75, 3.05) is 49.9 Å². The Morgan fingerprint density at radius 1 is 1.05 bits per heavy atom. The summed E-state index contributed by atoms with van der Waals surface area (Å²) >= 11 is 0. The summed E-state index contributed by atoms with van der Waals surface area (Å²) in [4.78, 5) is 21.6. The highest BCUT2D eigenvalue weighted by Gasteiger charge is 2.34. The molecule has 2 aliphatic rings. The number of ether oxygens (including phenoxy) is 1. The van der Waals surface area contributed by atoms with Gasteiger partial charge in [-0.15, -0.1) is 0 Å². The van der Waals surface area contributed by atoms with Crippen molar-refractivity contribution in [2.24, 2.45) is 0 Å². The molecule has 1 aromatic heterocycles. The van der Waals surface area contributed by atoms with Crippen LogP contribution < -0.4 is 15.4 Å². The van der Waals surface area contributed by atoms with E-state index in [1.54, 1.807) is 30.5 Å². The summed E-state index contributed by atoms with van der Waals surface area (Å²) in [5, 5.41) is 5.84. The Bertz CT molecular complexity index is 1350. The van der Waals surface area contributed by atoms with Crippen molar-refractivity contribution in [2.45, 2.75) is 33.0 Å². The number of amides is 1. The lowest BCUT2D eigenvalue weighted by Crippen LogP contribution is -2.45. The molecule has 0 aliphatic carbocycles. The number of rotatable bonds is 7. The van der Waals surface area contributed by atoms with Crippen molar-refractivity contribution >= 4 is 17.4 Å². The first-order chi connectivity index (χ1) is 18.7. The van der Waals surface area contributed by atoms with E-state index in [0.717, 1.165) is 68.7 Å². The number of carbonyl (C=O) groups is 1. The summed E-state index contributed by atoms with van der Waals surface area (Å²) in [5.41, 5.74) is 1.65. The Kier molecular flexibility index (Phi) is 7.76. The van der Waals surface area contributed by atoms with Crippen LogP contribution in [0.5, 0.6) is 11.5 Å². The number of benzene rings is 2. The number of aromatic nitrogens is 1. The van der Waals surface area contributed by atoms with E-state index in [2.05, 4.69) is 27.4 Å². The normalized spacial score (nSPS) is 16.0. The van der Waals surface area contributed by atoms with Crippen LogP contribution in [0.4, 0.5) is 24.7 Å². The van der Waals surface area contributed by atoms with Gasteiger partial charge in [-0.2, -0.15) is 13.2 Å². The average molecular weight is 540 g/mol. The fourth-order valence-electron chi connectivity index (χ4n) is 5.06. The maximum absolute atomic E-state index is 14.0. The zero-order chi connectivity index (χ0) is 27.6. The number of carbonyl (C=O) groups excluding carboxylic acids is 1. The fourth-order valence-corrected chi connectivity index (χ4v) is 5.06. The van der Waals surface area contributed by atoms with E-state index in [0.29, 0.717) is 17.1 Å². The minimum Gasteiger partial charge on any atom is -0.457 e. The Morgan fingerprint density at radius 2 is 1.82 bits per heavy atom. The van der Waals surface area contributed by atoms with Crippen LogP contribution in [0.2, 0.25) is 0 Å². The molecule has 2 aromatic carbocycles. The lowest BCUT2D eigenvalue weighted by Gasteiger charge is -2.34. The molecule has 0 unspecified atom stereocenters. The standard InChI is InChI=1S/C29H32F3N5O2/c1-3-36-12-14-37(15-13-36)18-21-4-6-22(17-24(21)29(30,31)32)35-28(38)20-5-7-25(19(2)16-20)39-26-9-11-34-27-23(26)8-10-33-27/h4-7,9,11,16-17H,3,8,10,12-15,18H2,1-2H3,(H,33,34)(H,35,38). The molecule has 2 N–H and O–H groups in total. The van der Waals surface area contributed by atoms with Crippen molar-refractivity contribution in [1.82, 2.24) is 14.8 Å². The quantitative estimate of drug-likeness (QED) is 0.410. The Labute approximate surface area is 226 Å². The van der Waals surface area contributed by atoms with Gasteiger partial charge in [-0.3, -0.25) is 9.69 Å². The number of nitrogens with zero attached hydrogens (tertiary/aromatic N) is 3. The molecular weight excluding hydrogens is 507 g/mol. The van der Waals surface area contributed by atoms with Gasteiger partial charge in [0.25, 0.3) is 5.91 Å². The van der Waals surface area contributed by atoms with Crippen LogP contribution in [-0.2, 0) is 19.1 Å². The summed E-state index contributed by atoms with van der Waals surface area (Å²) in [7, 11) is 0. The number of hydrogen-bond donors (Lipinski definition) is 2. The minimum absolute atomic E-state index is 0.102. The molecule has 0 bridgehead atoms. The second-order valence-electron chi connectivity index (χ2n) is 9.93. The molecule has 7 nitrogen and oxygen atoms in total. The van der Waals surface area contributed by atoms with Gasteiger partial charge >= 0.3 is 6.18 Å². The summed E-state index contributed by atoms with van der Waals surface area (Å²) in [6, 6.07) is 10.8. The van der Waals surface area contributed by atoms with E-state index in [9.17, 15) is 18.0 Å². The lowest BCUT2D eigenvalue weighted by atomic mass is 10.0. The van der Waals surface area contributed by atoms with E-state index < -0.39 is 17.6 Å². The molecule has 1 amide bonds. The van der Waals surface area contributed by atoms with Crippen molar-refractivity contribution in [3.63, 3.8) is 0 Å². The Morgan fingerprint density at radius 3 is 2.54 bits per heavy atom. The first-order valence-corrected chi connectivity index (χ1v) is 13.2. The molecule has 3 heterocycles. The topological polar surface area (TPSA) is 69.7 Å². The third-order valence-corrected chi connectivity index (χ3v) is 7.32. The number of hydrogen-bond acceptors (Lipinski definition) is 6. The van der Waals surface area contributed by atoms with Gasteiger partial charge in [-0.25, -0.2) is 4.98 Å². The van der Waals surface area contributed by atoms with Gasteiger partial charge < -0.3 is 20.3 Å². The molecule has 3 aromatic rings. The molecule has 5 rings (SSSR count). The smallest absolute Gasteiger partial charge is 0.416 e. The fraction of sp³-hybridized carbons (Fsp3) is 0.379. The Hall–Kier alpha value is -3.63. The maximum Gasteiger partial charge on any atom is 0.416 e. The van der Waals surface area contributed by atoms with E-state index in [1.165, 1.54) is 12.1 Å². The molecule has 0 spiro atoms. The van der Waals surface area contributed by atoms with Gasteiger partial charge in [0.05, 0.1) is 5.56 Å². The van der Waals surface area contributed by atoms with Crippen molar-refractivity contribution < 1.29 is 22.7 Å². The van der Waals surface area contributed by atoms with E-state index >= 15 is 0 Å². The van der Waals surface area contributed by atoms with Crippen LogP contribution in [0, 0.1) is 6.92 Å². The number of likely N-dealkylation sites (N-methyl/N-ethyl adjacent to an activating group) is 1. The number of anilines is 2. The number of pyridine rings is 1. The predicted octanol–water partition coefficient (Wildman–Crippen LogP) is 5.56. The third kappa shape index (κ3) is 6.17. The van der Waals surface area contributed by atoms with Crippen LogP contribution in [0.3, 0.4) is 0 Å². The molecular formula is C29H32F3N5O2. The number of alkyl halides is 3. The highest BCUT2D eigenvalue weighted by Crippen LogP contribution is 2.36. The molecule has 2 aliphatic heterocycles. The monoisotopic (exact) mass is 539 g/mol. The summed E-state index contributed by atoms with van der Waals surface area (Å²) < 4.78 is 48.0. The van der Waals surface area contributed by atoms with Crippen LogP contribution >= 0.6 is 0 Å². The first-order valence-electron chi connectivity index (χ1n) is 13.2. The van der Waals surface area contributed by atoms with Gasteiger partial charge in [0, 0.05) is 62.3 Å². The van der Waals surface area contributed by atoms with Crippen LogP contribution in [0.15, 0.2) is 48.7 Å². The molecule has 0 saturated carbocycles. The lowest BCUT2D eigenvalue weighted by molar-refractivity contribution is -0.138. The molecule has 0 atom stereocenters. The Balaban J connectivity index is 1.28. The predicted molar refractivity (Wildman–Crippen MR) is 144 cm³/mol. The van der Waals surface area contributed by atoms with Crippen LogP contribution in [0.1, 0.15) is 39.5 Å². The van der Waals surface area contributed by atoms with Gasteiger partial charge in [0.15, 0.2) is 0 Å². The maximum atomic E-state index is 14.0. The van der Waals surface area contributed by atoms with Crippen molar-refractivity contribution in [1.29, 1.82) is 0 Å². The van der Waals surface area contributed by atoms with Gasteiger partial charge in [0.2, 0.25) is 0 Å². The number of piperazine rings is 1. The number of aryl methyl sites for hydroxylation is 1. The molecule has 10 heteroatoms. The largest absolute Gasteiger partial charge is 0.457 e. The summed E-state index contributed by atoms with van der Waals surface area (Å²) in [6.07, 6.45) is -2.04. The first kappa shape index (κ1) is 27.0. The molecule has 1 saturated heterocycles. The molecule has 206 valence electrons. The number of nitrogens with one attached hydrogen (secondary N) is 2. The van der Waals surface area contributed by atoms with E-state index in [-0.39, 0.29) is 17.8 Å². The van der Waals surface area contributed by atoms with Crippen molar-refractivity contribution in [3.8, 4) is 11.5 Å². The summed E-state index contributed by atoms with van der Waals surface area (Å²) in [6.45, 7) is 9.00. The van der Waals surface area contributed by atoms with Gasteiger partial charge in [-0.1, -0.05) is 13.0 Å². The van der Waals surface area contributed by atoms with Crippen molar-refractivity contribution in [3.05, 3.63) is 76.5 Å². The SMILES string of the molecule is CCN1CCN(Cc2ccc(NC(=O)c3ccc(Oc4ccnc5c4CCN5)c(C)c3)cc2C(F)(F)F)CC1. The third-order valence-electron chi connectivity index (χ3n) is 7.32. The molecule has 0 radical (unpaired) electrons. The summed E-state index contributed by atoms with van der Waals surface area (Å²) in [5.74, 6) is 1.62. The van der Waals surface area contributed by atoms with Gasteiger partial charge in [0.1, 0.15) is 17.3 Å². The zero-order valence-electron chi connectivity index (χ0n) is 22.1. The van der Waals surface area contributed by atoms with Gasteiger partial charge in [-0.05, 0) is 67.4 Å².